The third kappa shape index (κ3) is 14.3. The molecule has 0 radical (unpaired) electrons. The number of hydrogen-bond acceptors (Lipinski definition) is 2. The van der Waals surface area contributed by atoms with Crippen LogP contribution in [0.3, 0.4) is 0 Å². The Bertz CT molecular complexity index is 299. The molecular weight excluding hydrogens is 272 g/mol. The Morgan fingerprint density at radius 3 is 1.60 bits per heavy atom. The van der Waals surface area contributed by atoms with Crippen LogP contribution in [0.5, 0.6) is 0 Å². The number of hydrogen-bond donors (Lipinski definition) is 1. The summed E-state index contributed by atoms with van der Waals surface area (Å²) in [5, 5.41) is 0. The first kappa shape index (κ1) is 19.9. The first-order valence-electron chi connectivity index (χ1n) is 8.44. The van der Waals surface area contributed by atoms with Gasteiger partial charge in [-0.1, -0.05) is 78.1 Å². The molecular formula is C16H34O3S. The molecule has 0 saturated heterocycles. The fourth-order valence-corrected chi connectivity index (χ4v) is 3.61. The molecule has 0 amide bonds. The Balaban J connectivity index is 3.86. The predicted octanol–water partition coefficient (Wildman–Crippen LogP) is 5.21. The molecule has 0 rings (SSSR count). The van der Waals surface area contributed by atoms with Crippen molar-refractivity contribution >= 4 is 10.1 Å². The second-order valence-electron chi connectivity index (χ2n) is 6.02. The summed E-state index contributed by atoms with van der Waals surface area (Å²) in [6.45, 7) is 4.38. The summed E-state index contributed by atoms with van der Waals surface area (Å²) in [5.41, 5.74) is 0. The van der Waals surface area contributed by atoms with E-state index in [9.17, 15) is 8.42 Å². The number of unbranched alkanes of at least 4 members (excludes halogenated alkanes) is 8. The van der Waals surface area contributed by atoms with Crippen LogP contribution in [0.25, 0.3) is 0 Å². The molecule has 0 spiro atoms. The van der Waals surface area contributed by atoms with Crippen LogP contribution < -0.4 is 0 Å². The van der Waals surface area contributed by atoms with Crippen LogP contribution in [-0.2, 0) is 10.1 Å². The van der Waals surface area contributed by atoms with E-state index in [0.29, 0.717) is 0 Å². The predicted molar refractivity (Wildman–Crippen MR) is 86.7 cm³/mol. The van der Waals surface area contributed by atoms with Gasteiger partial charge in [0.25, 0.3) is 10.1 Å². The summed E-state index contributed by atoms with van der Waals surface area (Å²) in [4.78, 5) is 0. The molecule has 0 aliphatic heterocycles. The molecule has 0 bridgehead atoms. The van der Waals surface area contributed by atoms with Crippen molar-refractivity contribution < 1.29 is 13.0 Å². The van der Waals surface area contributed by atoms with Crippen molar-refractivity contribution in [2.45, 2.75) is 90.9 Å². The van der Waals surface area contributed by atoms with Gasteiger partial charge in [0.05, 0.1) is 5.75 Å². The van der Waals surface area contributed by atoms with Crippen molar-refractivity contribution in [2.75, 3.05) is 5.75 Å². The maximum Gasteiger partial charge on any atom is 0.265 e. The van der Waals surface area contributed by atoms with Gasteiger partial charge in [0.15, 0.2) is 0 Å². The fraction of sp³-hybridized carbons (Fsp3) is 1.00. The summed E-state index contributed by atoms with van der Waals surface area (Å²) in [5.74, 6) is 0.0988. The van der Waals surface area contributed by atoms with E-state index in [1.54, 1.807) is 0 Å². The van der Waals surface area contributed by atoms with E-state index in [2.05, 4.69) is 13.8 Å². The average molecular weight is 307 g/mol. The maximum absolute atomic E-state index is 11.1. The Morgan fingerprint density at radius 1 is 0.750 bits per heavy atom. The van der Waals surface area contributed by atoms with Crippen molar-refractivity contribution in [2.24, 2.45) is 5.92 Å². The van der Waals surface area contributed by atoms with Crippen LogP contribution in [0.4, 0.5) is 0 Å². The van der Waals surface area contributed by atoms with Crippen molar-refractivity contribution in [3.8, 4) is 0 Å². The van der Waals surface area contributed by atoms with Gasteiger partial charge in [-0.2, -0.15) is 8.42 Å². The first-order chi connectivity index (χ1) is 9.49. The second kappa shape index (κ2) is 12.6. The summed E-state index contributed by atoms with van der Waals surface area (Å²) in [7, 11) is -3.82. The minimum absolute atomic E-state index is 0.0475. The van der Waals surface area contributed by atoms with Crippen LogP contribution in [0.2, 0.25) is 0 Å². The molecule has 0 aliphatic rings. The van der Waals surface area contributed by atoms with Crippen LogP contribution in [0.1, 0.15) is 90.9 Å². The van der Waals surface area contributed by atoms with Crippen LogP contribution >= 0.6 is 0 Å². The highest BCUT2D eigenvalue weighted by Crippen LogP contribution is 2.20. The summed E-state index contributed by atoms with van der Waals surface area (Å²) >= 11 is 0. The van der Waals surface area contributed by atoms with E-state index < -0.39 is 10.1 Å². The Kier molecular flexibility index (Phi) is 12.6. The lowest BCUT2D eigenvalue weighted by Crippen LogP contribution is -2.15. The van der Waals surface area contributed by atoms with Crippen LogP contribution in [0, 0.1) is 5.92 Å². The third-order valence-electron chi connectivity index (χ3n) is 3.88. The molecule has 0 aromatic rings. The van der Waals surface area contributed by atoms with Gasteiger partial charge in [-0.15, -0.1) is 0 Å². The summed E-state index contributed by atoms with van der Waals surface area (Å²) < 4.78 is 31.2. The highest BCUT2D eigenvalue weighted by Gasteiger charge is 2.16. The van der Waals surface area contributed by atoms with Gasteiger partial charge in [0, 0.05) is 0 Å². The van der Waals surface area contributed by atoms with Crippen molar-refractivity contribution in [1.82, 2.24) is 0 Å². The zero-order chi connectivity index (χ0) is 15.3. The molecule has 0 aliphatic carbocycles. The monoisotopic (exact) mass is 306 g/mol. The molecule has 1 N–H and O–H groups in total. The van der Waals surface area contributed by atoms with E-state index in [1.807, 2.05) is 0 Å². The van der Waals surface area contributed by atoms with E-state index in [-0.39, 0.29) is 11.7 Å². The average Bonchev–Trinajstić information content (AvgIpc) is 2.36. The molecule has 0 aromatic heterocycles. The molecule has 1 unspecified atom stereocenters. The molecule has 0 fully saturated rings. The first-order valence-corrected chi connectivity index (χ1v) is 10.1. The summed E-state index contributed by atoms with van der Waals surface area (Å²) in [6.07, 6.45) is 13.9. The van der Waals surface area contributed by atoms with Crippen LogP contribution in [-0.4, -0.2) is 18.7 Å². The van der Waals surface area contributed by atoms with Crippen LogP contribution in [0.15, 0.2) is 0 Å². The Hall–Kier alpha value is -0.0900. The summed E-state index contributed by atoms with van der Waals surface area (Å²) in [6, 6.07) is 0. The minimum Gasteiger partial charge on any atom is -0.286 e. The van der Waals surface area contributed by atoms with Gasteiger partial charge in [-0.25, -0.2) is 0 Å². The molecule has 1 atom stereocenters. The topological polar surface area (TPSA) is 54.4 Å². The zero-order valence-corrected chi connectivity index (χ0v) is 14.3. The smallest absolute Gasteiger partial charge is 0.265 e. The fourth-order valence-electron chi connectivity index (χ4n) is 2.68. The largest absolute Gasteiger partial charge is 0.286 e. The van der Waals surface area contributed by atoms with E-state index >= 15 is 0 Å². The molecule has 122 valence electrons. The van der Waals surface area contributed by atoms with E-state index in [4.69, 9.17) is 4.55 Å². The lowest BCUT2D eigenvalue weighted by atomic mass is 9.96. The molecule has 0 aromatic carbocycles. The second-order valence-corrected chi connectivity index (χ2v) is 7.52. The van der Waals surface area contributed by atoms with Crippen molar-refractivity contribution in [1.29, 1.82) is 0 Å². The van der Waals surface area contributed by atoms with Gasteiger partial charge >= 0.3 is 0 Å². The van der Waals surface area contributed by atoms with Crippen molar-refractivity contribution in [3.05, 3.63) is 0 Å². The lowest BCUT2D eigenvalue weighted by Gasteiger charge is -2.15. The van der Waals surface area contributed by atoms with Gasteiger partial charge in [-0.05, 0) is 18.8 Å². The highest BCUT2D eigenvalue weighted by atomic mass is 32.2. The highest BCUT2D eigenvalue weighted by molar-refractivity contribution is 7.85. The molecule has 3 nitrogen and oxygen atoms in total. The van der Waals surface area contributed by atoms with Gasteiger partial charge in [0.1, 0.15) is 0 Å². The standard InChI is InChI=1S/C16H34O3S/c1-3-5-7-9-10-12-14-16(15-20(17,18)19)13-11-8-6-4-2/h16H,3-15H2,1-2H3,(H,17,18,19). The molecule has 4 heteroatoms. The normalized spacial score (nSPS) is 13.6. The Labute approximate surface area is 126 Å². The minimum atomic E-state index is -3.82. The molecule has 0 saturated carbocycles. The molecule has 20 heavy (non-hydrogen) atoms. The van der Waals surface area contributed by atoms with Crippen molar-refractivity contribution in [3.63, 3.8) is 0 Å². The quantitative estimate of drug-likeness (QED) is 0.354. The van der Waals surface area contributed by atoms with E-state index in [0.717, 1.165) is 25.7 Å². The zero-order valence-electron chi connectivity index (χ0n) is 13.4. The SMILES string of the molecule is CCCCCCCCC(CCCCCC)CS(=O)(=O)O. The van der Waals surface area contributed by atoms with Gasteiger partial charge in [-0.3, -0.25) is 4.55 Å². The molecule has 0 heterocycles. The lowest BCUT2D eigenvalue weighted by molar-refractivity contribution is 0.412. The van der Waals surface area contributed by atoms with Gasteiger partial charge < -0.3 is 0 Å². The van der Waals surface area contributed by atoms with Gasteiger partial charge in [0.2, 0.25) is 0 Å². The number of rotatable bonds is 14. The third-order valence-corrected chi connectivity index (χ3v) is 4.77. The maximum atomic E-state index is 11.1. The van der Waals surface area contributed by atoms with E-state index in [1.165, 1.54) is 51.4 Å². The Morgan fingerprint density at radius 2 is 1.15 bits per heavy atom.